The van der Waals surface area contributed by atoms with Gasteiger partial charge in [0.25, 0.3) is 0 Å². The number of benzene rings is 1. The minimum absolute atomic E-state index is 0.234. The van der Waals surface area contributed by atoms with Crippen LogP contribution in [0.15, 0.2) is 18.2 Å². The van der Waals surface area contributed by atoms with Gasteiger partial charge in [-0.15, -0.1) is 0 Å². The van der Waals surface area contributed by atoms with Crippen LogP contribution in [-0.2, 0) is 0 Å². The zero-order valence-electron chi connectivity index (χ0n) is 11.9. The number of hydrogen-bond acceptors (Lipinski definition) is 2. The average molecular weight is 250 g/mol. The molecule has 0 radical (unpaired) electrons. The van der Waals surface area contributed by atoms with Crippen LogP contribution in [0.2, 0.25) is 0 Å². The van der Waals surface area contributed by atoms with Gasteiger partial charge < -0.3 is 9.84 Å². The molecule has 18 heavy (non-hydrogen) atoms. The fourth-order valence-electron chi connectivity index (χ4n) is 2.02. The predicted molar refractivity (Wildman–Crippen MR) is 76.3 cm³/mol. The lowest BCUT2D eigenvalue weighted by molar-refractivity contribution is 0.168. The second-order valence-corrected chi connectivity index (χ2v) is 5.00. The van der Waals surface area contributed by atoms with Crippen LogP contribution >= 0.6 is 0 Å². The molecule has 1 aromatic carbocycles. The molecule has 0 aliphatic heterocycles. The number of phenolic OH excluding ortho intramolecular Hbond substituents is 1. The van der Waals surface area contributed by atoms with Crippen LogP contribution in [-0.4, -0.2) is 11.2 Å². The Morgan fingerprint density at radius 3 is 2.28 bits per heavy atom. The summed E-state index contributed by atoms with van der Waals surface area (Å²) in [6.07, 6.45) is 7.12. The summed E-state index contributed by atoms with van der Waals surface area (Å²) in [5.74, 6) is 0.880. The van der Waals surface area contributed by atoms with E-state index >= 15 is 0 Å². The number of phenols is 1. The van der Waals surface area contributed by atoms with Crippen molar-refractivity contribution in [2.24, 2.45) is 0 Å². The summed E-state index contributed by atoms with van der Waals surface area (Å²) in [4.78, 5) is 0. The second kappa shape index (κ2) is 8.02. The first kappa shape index (κ1) is 14.9. The molecule has 0 spiro atoms. The van der Waals surface area contributed by atoms with E-state index in [4.69, 9.17) is 4.74 Å². The maximum Gasteiger partial charge on any atom is 0.161 e. The molecule has 0 bridgehead atoms. The molecule has 0 aromatic heterocycles. The summed E-state index contributed by atoms with van der Waals surface area (Å²) >= 11 is 0. The Bertz CT molecular complexity index is 339. The molecule has 0 heterocycles. The van der Waals surface area contributed by atoms with Crippen molar-refractivity contribution in [3.05, 3.63) is 23.8 Å². The summed E-state index contributed by atoms with van der Waals surface area (Å²) in [6.45, 7) is 6.40. The van der Waals surface area contributed by atoms with Gasteiger partial charge in [-0.1, -0.05) is 45.6 Å². The Hall–Kier alpha value is -1.18. The normalized spacial score (nSPS) is 10.9. The van der Waals surface area contributed by atoms with E-state index < -0.39 is 0 Å². The summed E-state index contributed by atoms with van der Waals surface area (Å²) in [5.41, 5.74) is 1.12. The lowest BCUT2D eigenvalue weighted by Crippen LogP contribution is -2.16. The number of aromatic hydroxyl groups is 1. The van der Waals surface area contributed by atoms with Gasteiger partial charge in [0.05, 0.1) is 6.10 Å². The highest BCUT2D eigenvalue weighted by Gasteiger charge is 2.12. The van der Waals surface area contributed by atoms with E-state index in [0.717, 1.165) is 18.4 Å². The maximum absolute atomic E-state index is 9.81. The standard InChI is InChI=1S/C16H26O2/c1-4-6-8-14(9-7-5-2)18-16-12-13(3)10-11-15(16)17/h10-12,14,17H,4-9H2,1-3H3. The zero-order valence-corrected chi connectivity index (χ0v) is 11.9. The van der Waals surface area contributed by atoms with Crippen LogP contribution in [0.5, 0.6) is 11.5 Å². The summed E-state index contributed by atoms with van der Waals surface area (Å²) in [6, 6.07) is 5.52. The van der Waals surface area contributed by atoms with Crippen molar-refractivity contribution in [1.29, 1.82) is 0 Å². The van der Waals surface area contributed by atoms with Crippen LogP contribution < -0.4 is 4.74 Å². The fourth-order valence-corrected chi connectivity index (χ4v) is 2.02. The third-order valence-corrected chi connectivity index (χ3v) is 3.17. The molecule has 0 saturated heterocycles. The molecule has 2 nitrogen and oxygen atoms in total. The minimum atomic E-state index is 0.234. The average Bonchev–Trinajstić information content (AvgIpc) is 2.37. The molecule has 1 rings (SSSR count). The smallest absolute Gasteiger partial charge is 0.161 e. The Morgan fingerprint density at radius 1 is 1.11 bits per heavy atom. The van der Waals surface area contributed by atoms with Crippen molar-refractivity contribution in [3.8, 4) is 11.5 Å². The van der Waals surface area contributed by atoms with Crippen molar-refractivity contribution in [1.82, 2.24) is 0 Å². The van der Waals surface area contributed by atoms with Crippen molar-refractivity contribution in [2.45, 2.75) is 65.4 Å². The third-order valence-electron chi connectivity index (χ3n) is 3.17. The van der Waals surface area contributed by atoms with Crippen molar-refractivity contribution >= 4 is 0 Å². The number of rotatable bonds is 8. The van der Waals surface area contributed by atoms with E-state index in [-0.39, 0.29) is 11.9 Å². The van der Waals surface area contributed by atoms with E-state index in [1.54, 1.807) is 6.07 Å². The highest BCUT2D eigenvalue weighted by Crippen LogP contribution is 2.29. The van der Waals surface area contributed by atoms with Crippen LogP contribution in [0.1, 0.15) is 57.9 Å². The highest BCUT2D eigenvalue weighted by atomic mass is 16.5. The molecule has 102 valence electrons. The van der Waals surface area contributed by atoms with E-state index in [0.29, 0.717) is 5.75 Å². The van der Waals surface area contributed by atoms with Gasteiger partial charge >= 0.3 is 0 Å². The number of ether oxygens (including phenoxy) is 1. The summed E-state index contributed by atoms with van der Waals surface area (Å²) in [5, 5.41) is 9.81. The Morgan fingerprint density at radius 2 is 1.72 bits per heavy atom. The van der Waals surface area contributed by atoms with E-state index in [2.05, 4.69) is 13.8 Å². The lowest BCUT2D eigenvalue weighted by Gasteiger charge is -2.19. The van der Waals surface area contributed by atoms with E-state index in [1.807, 2.05) is 19.1 Å². The molecule has 0 saturated carbocycles. The SMILES string of the molecule is CCCCC(CCCC)Oc1cc(C)ccc1O. The lowest BCUT2D eigenvalue weighted by atomic mass is 10.1. The van der Waals surface area contributed by atoms with Gasteiger partial charge in [0.1, 0.15) is 0 Å². The van der Waals surface area contributed by atoms with Gasteiger partial charge in [-0.05, 0) is 37.5 Å². The minimum Gasteiger partial charge on any atom is -0.504 e. The van der Waals surface area contributed by atoms with Gasteiger partial charge in [-0.2, -0.15) is 0 Å². The van der Waals surface area contributed by atoms with Crippen LogP contribution in [0.25, 0.3) is 0 Å². The largest absolute Gasteiger partial charge is 0.504 e. The molecular formula is C16H26O2. The summed E-state index contributed by atoms with van der Waals surface area (Å²) < 4.78 is 5.98. The number of hydrogen-bond donors (Lipinski definition) is 1. The number of aryl methyl sites for hydroxylation is 1. The second-order valence-electron chi connectivity index (χ2n) is 5.00. The Balaban J connectivity index is 2.65. The molecule has 2 heteroatoms. The summed E-state index contributed by atoms with van der Waals surface area (Å²) in [7, 11) is 0. The van der Waals surface area contributed by atoms with Gasteiger partial charge in [0.15, 0.2) is 11.5 Å². The predicted octanol–water partition coefficient (Wildman–Crippen LogP) is 4.83. The number of unbranched alkanes of at least 4 members (excludes halogenated alkanes) is 2. The van der Waals surface area contributed by atoms with Gasteiger partial charge in [-0.25, -0.2) is 0 Å². The molecule has 0 aliphatic carbocycles. The first-order valence-corrected chi connectivity index (χ1v) is 7.13. The van der Waals surface area contributed by atoms with E-state index in [9.17, 15) is 5.11 Å². The maximum atomic E-state index is 9.81. The monoisotopic (exact) mass is 250 g/mol. The molecule has 0 atom stereocenters. The van der Waals surface area contributed by atoms with Crippen LogP contribution in [0.4, 0.5) is 0 Å². The third kappa shape index (κ3) is 4.99. The van der Waals surface area contributed by atoms with Crippen LogP contribution in [0.3, 0.4) is 0 Å². The molecule has 0 amide bonds. The molecule has 0 fully saturated rings. The Labute approximate surface area is 111 Å². The van der Waals surface area contributed by atoms with Crippen molar-refractivity contribution < 1.29 is 9.84 Å². The topological polar surface area (TPSA) is 29.5 Å². The van der Waals surface area contributed by atoms with Crippen molar-refractivity contribution in [2.75, 3.05) is 0 Å². The molecule has 1 N–H and O–H groups in total. The van der Waals surface area contributed by atoms with E-state index in [1.165, 1.54) is 25.7 Å². The van der Waals surface area contributed by atoms with Crippen molar-refractivity contribution in [3.63, 3.8) is 0 Å². The first-order chi connectivity index (χ1) is 8.67. The molecule has 0 aliphatic rings. The first-order valence-electron chi connectivity index (χ1n) is 7.13. The van der Waals surface area contributed by atoms with Gasteiger partial charge in [0, 0.05) is 0 Å². The molecular weight excluding hydrogens is 224 g/mol. The Kier molecular flexibility index (Phi) is 6.63. The van der Waals surface area contributed by atoms with Gasteiger partial charge in [0.2, 0.25) is 0 Å². The molecule has 1 aromatic rings. The quantitative estimate of drug-likeness (QED) is 0.716. The van der Waals surface area contributed by atoms with Crippen LogP contribution in [0, 0.1) is 6.92 Å². The zero-order chi connectivity index (χ0) is 13.4. The molecule has 0 unspecified atom stereocenters. The fraction of sp³-hybridized carbons (Fsp3) is 0.625. The van der Waals surface area contributed by atoms with Gasteiger partial charge in [-0.3, -0.25) is 0 Å². The highest BCUT2D eigenvalue weighted by molar-refractivity contribution is 5.41.